The van der Waals surface area contributed by atoms with E-state index in [-0.39, 0.29) is 6.10 Å². The second kappa shape index (κ2) is 8.93. The fourth-order valence-corrected chi connectivity index (χ4v) is 4.81. The predicted octanol–water partition coefficient (Wildman–Crippen LogP) is 4.42. The lowest BCUT2D eigenvalue weighted by atomic mass is 10.0. The number of carboxylic acid groups (broad SMARTS) is 1. The van der Waals surface area contributed by atoms with Crippen LogP contribution in [0.5, 0.6) is 5.75 Å². The number of ether oxygens (including phenoxy) is 1. The van der Waals surface area contributed by atoms with Crippen molar-refractivity contribution in [2.24, 2.45) is 0 Å². The highest BCUT2D eigenvalue weighted by atomic mass is 32.2. The van der Waals surface area contributed by atoms with Gasteiger partial charge in [0.05, 0.1) is 0 Å². The van der Waals surface area contributed by atoms with Crippen molar-refractivity contribution in [1.82, 2.24) is 9.88 Å². The number of aryl methyl sites for hydroxylation is 2. The Bertz CT molecular complexity index is 1020. The average Bonchev–Trinajstić information content (AvgIpc) is 3.37. The molecule has 30 heavy (non-hydrogen) atoms. The molecule has 0 amide bonds. The van der Waals surface area contributed by atoms with E-state index < -0.39 is 12.0 Å². The lowest BCUT2D eigenvalue weighted by molar-refractivity contribution is -0.141. The molecule has 7 heteroatoms. The molecule has 0 radical (unpaired) electrons. The van der Waals surface area contributed by atoms with Crippen LogP contribution in [-0.4, -0.2) is 38.6 Å². The Morgan fingerprint density at radius 3 is 2.70 bits per heavy atom. The van der Waals surface area contributed by atoms with Gasteiger partial charge in [-0.2, -0.15) is 0 Å². The van der Waals surface area contributed by atoms with Crippen LogP contribution in [0.4, 0.5) is 0 Å². The fourth-order valence-electron chi connectivity index (χ4n) is 3.62. The number of hydrogen-bond donors (Lipinski definition) is 1. The van der Waals surface area contributed by atoms with E-state index in [1.165, 1.54) is 6.39 Å². The van der Waals surface area contributed by atoms with Crippen molar-refractivity contribution >= 4 is 17.7 Å². The lowest BCUT2D eigenvalue weighted by Gasteiger charge is -2.22. The fraction of sp³-hybridized carbons (Fsp3) is 0.304. The zero-order valence-corrected chi connectivity index (χ0v) is 17.8. The summed E-state index contributed by atoms with van der Waals surface area (Å²) >= 11 is 1.65. The Morgan fingerprint density at radius 1 is 1.27 bits per heavy atom. The molecule has 0 bridgehead atoms. The van der Waals surface area contributed by atoms with E-state index in [1.54, 1.807) is 11.8 Å². The summed E-state index contributed by atoms with van der Waals surface area (Å²) in [5.41, 5.74) is 3.97. The summed E-state index contributed by atoms with van der Waals surface area (Å²) in [5.74, 6) is 2.05. The van der Waals surface area contributed by atoms with Crippen molar-refractivity contribution in [3.63, 3.8) is 0 Å². The highest BCUT2D eigenvalue weighted by molar-refractivity contribution is 7.99. The van der Waals surface area contributed by atoms with Gasteiger partial charge in [0.2, 0.25) is 0 Å². The van der Waals surface area contributed by atoms with Gasteiger partial charge in [-0.05, 0) is 37.1 Å². The summed E-state index contributed by atoms with van der Waals surface area (Å²) in [7, 11) is 0. The Kier molecular flexibility index (Phi) is 6.11. The third-order valence-electron chi connectivity index (χ3n) is 5.32. The van der Waals surface area contributed by atoms with Crippen LogP contribution in [0.15, 0.2) is 59.3 Å². The number of oxazole rings is 1. The number of carboxylic acids is 1. The molecule has 1 aliphatic rings. The van der Waals surface area contributed by atoms with Gasteiger partial charge in [-0.25, -0.2) is 4.98 Å². The maximum atomic E-state index is 11.4. The van der Waals surface area contributed by atoms with Crippen LogP contribution in [0, 0.1) is 13.8 Å². The molecule has 1 fully saturated rings. The number of carbonyl (C=O) groups is 1. The first kappa shape index (κ1) is 20.5. The molecule has 4 rings (SSSR count). The van der Waals surface area contributed by atoms with Crippen LogP contribution in [-0.2, 0) is 11.3 Å². The minimum atomic E-state index is -0.760. The minimum Gasteiger partial charge on any atom is -0.480 e. The van der Waals surface area contributed by atoms with Gasteiger partial charge in [-0.1, -0.05) is 36.4 Å². The molecule has 2 atom stereocenters. The van der Waals surface area contributed by atoms with Crippen molar-refractivity contribution < 1.29 is 19.1 Å². The van der Waals surface area contributed by atoms with E-state index in [2.05, 4.69) is 18.0 Å². The quantitative estimate of drug-likeness (QED) is 0.602. The molecule has 2 aromatic carbocycles. The largest absolute Gasteiger partial charge is 0.480 e. The van der Waals surface area contributed by atoms with Crippen molar-refractivity contribution in [2.45, 2.75) is 32.5 Å². The van der Waals surface area contributed by atoms with Crippen LogP contribution in [0.1, 0.15) is 34.2 Å². The van der Waals surface area contributed by atoms with Crippen molar-refractivity contribution in [3.8, 4) is 5.75 Å². The average molecular weight is 425 g/mol. The van der Waals surface area contributed by atoms with Crippen molar-refractivity contribution in [3.05, 3.63) is 83.1 Å². The molecule has 3 aromatic rings. The molecule has 1 aliphatic heterocycles. The van der Waals surface area contributed by atoms with E-state index in [4.69, 9.17) is 9.15 Å². The summed E-state index contributed by atoms with van der Waals surface area (Å²) < 4.78 is 11.8. The van der Waals surface area contributed by atoms with Crippen LogP contribution in [0.2, 0.25) is 0 Å². The molecule has 2 heterocycles. The molecule has 156 valence electrons. The third-order valence-corrected chi connectivity index (χ3v) is 6.39. The Hall–Kier alpha value is -2.77. The monoisotopic (exact) mass is 424 g/mol. The van der Waals surface area contributed by atoms with Gasteiger partial charge in [0.25, 0.3) is 0 Å². The molecule has 1 N–H and O–H groups in total. The first-order valence-corrected chi connectivity index (χ1v) is 10.9. The first-order chi connectivity index (χ1) is 14.5. The van der Waals surface area contributed by atoms with Gasteiger partial charge in [0.15, 0.2) is 12.5 Å². The summed E-state index contributed by atoms with van der Waals surface area (Å²) in [6.07, 6.45) is 1.07. The Balaban J connectivity index is 1.53. The van der Waals surface area contributed by atoms with Gasteiger partial charge in [0, 0.05) is 23.7 Å². The van der Waals surface area contributed by atoms with Gasteiger partial charge in [-0.15, -0.1) is 11.8 Å². The topological polar surface area (TPSA) is 75.8 Å². The predicted molar refractivity (Wildman–Crippen MR) is 116 cm³/mol. The number of aliphatic carboxylic acids is 1. The first-order valence-electron chi connectivity index (χ1n) is 9.78. The minimum absolute atomic E-state index is 0.373. The van der Waals surface area contributed by atoms with Gasteiger partial charge in [0.1, 0.15) is 23.2 Å². The number of benzene rings is 2. The second-order valence-corrected chi connectivity index (χ2v) is 8.39. The molecule has 1 unspecified atom stereocenters. The molecular formula is C23H24N2O4S. The maximum Gasteiger partial charge on any atom is 0.321 e. The molecule has 0 aliphatic carbocycles. The van der Waals surface area contributed by atoms with Crippen LogP contribution in [0.25, 0.3) is 0 Å². The number of aromatic nitrogens is 1. The molecule has 1 saturated heterocycles. The van der Waals surface area contributed by atoms with Crippen LogP contribution < -0.4 is 4.74 Å². The second-order valence-electron chi connectivity index (χ2n) is 7.39. The molecule has 6 nitrogen and oxygen atoms in total. The van der Waals surface area contributed by atoms with Crippen LogP contribution >= 0.6 is 11.8 Å². The van der Waals surface area contributed by atoms with E-state index in [1.807, 2.05) is 54.3 Å². The molecular weight excluding hydrogens is 400 g/mol. The SMILES string of the molecule is Cc1ccccc1[C@@H](Oc1ccc(CN2CSCC2C(=O)O)cc1)c1ncoc1C. The summed E-state index contributed by atoms with van der Waals surface area (Å²) in [4.78, 5) is 17.8. The Morgan fingerprint density at radius 2 is 2.03 bits per heavy atom. The summed E-state index contributed by atoms with van der Waals surface area (Å²) in [5, 5.41) is 9.36. The van der Waals surface area contributed by atoms with Crippen molar-refractivity contribution in [2.75, 3.05) is 11.6 Å². The highest BCUT2D eigenvalue weighted by Crippen LogP contribution is 2.32. The zero-order valence-electron chi connectivity index (χ0n) is 16.9. The summed E-state index contributed by atoms with van der Waals surface area (Å²) in [6, 6.07) is 15.5. The standard InChI is InChI=1S/C23H24N2O4S/c1-15-5-3-4-6-19(15)22(21-16(2)28-13-24-21)29-18-9-7-17(8-10-18)11-25-14-30-12-20(25)23(26)27/h3-10,13,20,22H,11-12,14H2,1-2H3,(H,26,27)/t20?,22-/m1/s1. The molecule has 0 saturated carbocycles. The molecule has 0 spiro atoms. The van der Waals surface area contributed by atoms with E-state index in [9.17, 15) is 9.90 Å². The third kappa shape index (κ3) is 4.37. The maximum absolute atomic E-state index is 11.4. The van der Waals surface area contributed by atoms with E-state index in [0.29, 0.717) is 12.3 Å². The Labute approximate surface area is 179 Å². The zero-order chi connectivity index (χ0) is 21.1. The molecule has 1 aromatic heterocycles. The number of nitrogens with zero attached hydrogens (tertiary/aromatic N) is 2. The number of hydrogen-bond acceptors (Lipinski definition) is 6. The number of thioether (sulfide) groups is 1. The van der Waals surface area contributed by atoms with Gasteiger partial charge < -0.3 is 14.3 Å². The van der Waals surface area contributed by atoms with Crippen molar-refractivity contribution in [1.29, 1.82) is 0 Å². The van der Waals surface area contributed by atoms with E-state index >= 15 is 0 Å². The smallest absolute Gasteiger partial charge is 0.321 e. The highest BCUT2D eigenvalue weighted by Gasteiger charge is 2.31. The normalized spacial score (nSPS) is 17.7. The number of rotatable bonds is 7. The summed E-state index contributed by atoms with van der Waals surface area (Å²) in [6.45, 7) is 4.54. The lowest BCUT2D eigenvalue weighted by Crippen LogP contribution is -2.37. The van der Waals surface area contributed by atoms with E-state index in [0.717, 1.165) is 39.8 Å². The van der Waals surface area contributed by atoms with Gasteiger partial charge >= 0.3 is 5.97 Å². The van der Waals surface area contributed by atoms with Gasteiger partial charge in [-0.3, -0.25) is 9.69 Å². The van der Waals surface area contributed by atoms with Crippen LogP contribution in [0.3, 0.4) is 0 Å².